The smallest absolute Gasteiger partial charge is 0.341 e. The second-order valence-corrected chi connectivity index (χ2v) is 7.71. The van der Waals surface area contributed by atoms with Crippen LogP contribution in [0.3, 0.4) is 0 Å². The number of nitrogens with zero attached hydrogens (tertiary/aromatic N) is 3. The van der Waals surface area contributed by atoms with Crippen LogP contribution in [-0.2, 0) is 4.74 Å². The highest BCUT2D eigenvalue weighted by Crippen LogP contribution is 2.38. The van der Waals surface area contributed by atoms with Crippen molar-refractivity contribution in [1.82, 2.24) is 4.57 Å². The Bertz CT molecular complexity index is 1130. The summed E-state index contributed by atoms with van der Waals surface area (Å²) in [6.45, 7) is 1.74. The highest BCUT2D eigenvalue weighted by molar-refractivity contribution is 5.93. The van der Waals surface area contributed by atoms with Gasteiger partial charge in [0, 0.05) is 30.7 Å². The molecule has 8 heteroatoms. The molecule has 2 aromatic rings. The molecule has 5 rings (SSSR count). The summed E-state index contributed by atoms with van der Waals surface area (Å²) in [5, 5.41) is 9.46. The molecule has 0 spiro atoms. The number of fused-ring (bicyclic) bond motifs is 1. The minimum atomic E-state index is -1.29. The summed E-state index contributed by atoms with van der Waals surface area (Å²) in [5.41, 5.74) is 0.0274. The maximum Gasteiger partial charge on any atom is 0.341 e. The molecular weight excluding hydrogens is 377 g/mol. The van der Waals surface area contributed by atoms with Crippen molar-refractivity contribution >= 4 is 28.5 Å². The van der Waals surface area contributed by atoms with Crippen LogP contribution in [-0.4, -0.2) is 47.3 Å². The standard InChI is InChI=1S/C21H20FN3O4/c22-16-8-14-17(25(13-3-4-13)11-15(20(14)26)21(27)28)9-18(16)24-6-5-12(10-24)23-19-2-1-7-29-19/h1-2,8-9,11-13H,3-7,10H2,(H,27,28). The van der Waals surface area contributed by atoms with E-state index in [1.807, 2.05) is 21.6 Å². The van der Waals surface area contributed by atoms with Crippen LogP contribution in [0.25, 0.3) is 10.9 Å². The van der Waals surface area contributed by atoms with Crippen LogP contribution in [0.1, 0.15) is 35.7 Å². The third-order valence-electron chi connectivity index (χ3n) is 5.67. The molecule has 0 radical (unpaired) electrons. The Morgan fingerprint density at radius 1 is 1.28 bits per heavy atom. The average Bonchev–Trinajstić information content (AvgIpc) is 3.21. The third kappa shape index (κ3) is 3.18. The summed E-state index contributed by atoms with van der Waals surface area (Å²) in [6, 6.07) is 3.03. The molecule has 0 bridgehead atoms. The Balaban J connectivity index is 1.55. The van der Waals surface area contributed by atoms with Gasteiger partial charge in [0.2, 0.25) is 11.3 Å². The predicted molar refractivity (Wildman–Crippen MR) is 107 cm³/mol. The Labute approximate surface area is 165 Å². The fourth-order valence-corrected chi connectivity index (χ4v) is 4.06. The largest absolute Gasteiger partial charge is 0.477 e. The molecule has 1 atom stereocenters. The van der Waals surface area contributed by atoms with Gasteiger partial charge in [-0.1, -0.05) is 0 Å². The molecule has 1 N–H and O–H groups in total. The van der Waals surface area contributed by atoms with Gasteiger partial charge in [-0.05, 0) is 43.5 Å². The molecule has 2 fully saturated rings. The van der Waals surface area contributed by atoms with E-state index in [4.69, 9.17) is 4.74 Å². The molecule has 1 aromatic carbocycles. The SMILES string of the molecule is O=C(O)c1cn(C2CC2)c2cc(N3CCC(N=C4C=CCO4)C3)c(F)cc2c1=O. The molecular formula is C21H20FN3O4. The fourth-order valence-electron chi connectivity index (χ4n) is 4.06. The van der Waals surface area contributed by atoms with Crippen LogP contribution in [0.2, 0.25) is 0 Å². The van der Waals surface area contributed by atoms with E-state index < -0.39 is 17.2 Å². The lowest BCUT2D eigenvalue weighted by atomic mass is 10.1. The molecule has 7 nitrogen and oxygen atoms in total. The van der Waals surface area contributed by atoms with Crippen LogP contribution in [0, 0.1) is 5.82 Å². The topological polar surface area (TPSA) is 84.1 Å². The van der Waals surface area contributed by atoms with E-state index in [1.165, 1.54) is 12.3 Å². The van der Waals surface area contributed by atoms with Crippen molar-refractivity contribution in [2.75, 3.05) is 24.6 Å². The van der Waals surface area contributed by atoms with Gasteiger partial charge in [-0.2, -0.15) is 0 Å². The van der Waals surface area contributed by atoms with Gasteiger partial charge in [0.25, 0.3) is 0 Å². The zero-order chi connectivity index (χ0) is 20.1. The fraction of sp³-hybridized carbons (Fsp3) is 0.381. The third-order valence-corrected chi connectivity index (χ3v) is 5.67. The second-order valence-electron chi connectivity index (χ2n) is 7.71. The number of aromatic nitrogens is 1. The molecule has 3 heterocycles. The first-order valence-electron chi connectivity index (χ1n) is 9.75. The van der Waals surface area contributed by atoms with Gasteiger partial charge in [-0.15, -0.1) is 0 Å². The number of carbonyl (C=O) groups is 1. The highest BCUT2D eigenvalue weighted by Gasteiger charge is 2.29. The van der Waals surface area contributed by atoms with Gasteiger partial charge in [-0.3, -0.25) is 4.79 Å². The summed E-state index contributed by atoms with van der Waals surface area (Å²) >= 11 is 0. The molecule has 150 valence electrons. The van der Waals surface area contributed by atoms with Crippen LogP contribution in [0.4, 0.5) is 10.1 Å². The summed E-state index contributed by atoms with van der Waals surface area (Å²) in [4.78, 5) is 30.5. The summed E-state index contributed by atoms with van der Waals surface area (Å²) < 4.78 is 22.2. The van der Waals surface area contributed by atoms with E-state index in [9.17, 15) is 19.1 Å². The Morgan fingerprint density at radius 3 is 2.79 bits per heavy atom. The minimum absolute atomic E-state index is 0.0165. The molecule has 3 aliphatic rings. The van der Waals surface area contributed by atoms with Gasteiger partial charge in [0.05, 0.1) is 17.2 Å². The Morgan fingerprint density at radius 2 is 2.10 bits per heavy atom. The molecule has 1 saturated carbocycles. The number of hydrogen-bond donors (Lipinski definition) is 1. The van der Waals surface area contributed by atoms with E-state index in [-0.39, 0.29) is 23.0 Å². The van der Waals surface area contributed by atoms with Crippen LogP contribution in [0.15, 0.2) is 40.3 Å². The molecule has 0 amide bonds. The van der Waals surface area contributed by atoms with Crippen LogP contribution < -0.4 is 10.3 Å². The van der Waals surface area contributed by atoms with Crippen LogP contribution >= 0.6 is 0 Å². The number of carboxylic acid groups (broad SMARTS) is 1. The summed E-state index contributed by atoms with van der Waals surface area (Å²) in [5.74, 6) is -1.20. The number of pyridine rings is 1. The number of hydrogen-bond acceptors (Lipinski definition) is 5. The molecule has 1 aliphatic carbocycles. The van der Waals surface area contributed by atoms with E-state index in [1.54, 1.807) is 6.07 Å². The van der Waals surface area contributed by atoms with E-state index in [0.717, 1.165) is 19.3 Å². The lowest BCUT2D eigenvalue weighted by molar-refractivity contribution is 0.0695. The van der Waals surface area contributed by atoms with Crippen molar-refractivity contribution in [2.24, 2.45) is 4.99 Å². The summed E-state index contributed by atoms with van der Waals surface area (Å²) in [6.07, 6.45) is 7.76. The number of ether oxygens (including phenoxy) is 1. The van der Waals surface area contributed by atoms with Crippen molar-refractivity contribution in [3.63, 3.8) is 0 Å². The quantitative estimate of drug-likeness (QED) is 0.858. The van der Waals surface area contributed by atoms with Crippen molar-refractivity contribution in [3.05, 3.63) is 52.1 Å². The number of benzene rings is 1. The Kier molecular flexibility index (Phi) is 4.15. The molecule has 1 unspecified atom stereocenters. The molecule has 1 aromatic heterocycles. The first kappa shape index (κ1) is 17.9. The number of aliphatic imine (C=N–C) groups is 1. The lowest BCUT2D eigenvalue weighted by Gasteiger charge is -2.21. The molecule has 2 aliphatic heterocycles. The van der Waals surface area contributed by atoms with Crippen LogP contribution in [0.5, 0.6) is 0 Å². The van der Waals surface area contributed by atoms with Gasteiger partial charge < -0.3 is 19.3 Å². The number of rotatable bonds is 4. The predicted octanol–water partition coefficient (Wildman–Crippen LogP) is 2.74. The molecule has 29 heavy (non-hydrogen) atoms. The lowest BCUT2D eigenvalue weighted by Crippen LogP contribution is -2.24. The zero-order valence-electron chi connectivity index (χ0n) is 15.7. The monoisotopic (exact) mass is 397 g/mol. The number of carboxylic acids is 1. The van der Waals surface area contributed by atoms with Gasteiger partial charge in [0.15, 0.2) is 0 Å². The average molecular weight is 397 g/mol. The number of anilines is 1. The second kappa shape index (κ2) is 6.72. The van der Waals surface area contributed by atoms with Crippen molar-refractivity contribution < 1.29 is 19.0 Å². The maximum absolute atomic E-state index is 15.0. The van der Waals surface area contributed by atoms with Crippen molar-refractivity contribution in [2.45, 2.75) is 31.3 Å². The Hall–Kier alpha value is -3.16. The normalized spacial score (nSPS) is 22.6. The molecule has 1 saturated heterocycles. The summed E-state index contributed by atoms with van der Waals surface area (Å²) in [7, 11) is 0. The minimum Gasteiger partial charge on any atom is -0.477 e. The van der Waals surface area contributed by atoms with Crippen molar-refractivity contribution in [3.8, 4) is 0 Å². The van der Waals surface area contributed by atoms with Crippen molar-refractivity contribution in [1.29, 1.82) is 0 Å². The van der Waals surface area contributed by atoms with E-state index in [2.05, 4.69) is 4.99 Å². The number of halogens is 1. The van der Waals surface area contributed by atoms with E-state index in [0.29, 0.717) is 36.8 Å². The number of aromatic carboxylic acids is 1. The van der Waals surface area contributed by atoms with E-state index >= 15 is 0 Å². The first-order valence-corrected chi connectivity index (χ1v) is 9.75. The van der Waals surface area contributed by atoms with Gasteiger partial charge >= 0.3 is 5.97 Å². The highest BCUT2D eigenvalue weighted by atomic mass is 19.1. The zero-order valence-corrected chi connectivity index (χ0v) is 15.7. The van der Waals surface area contributed by atoms with Gasteiger partial charge in [0.1, 0.15) is 18.0 Å². The van der Waals surface area contributed by atoms with Gasteiger partial charge in [-0.25, -0.2) is 14.2 Å². The first-order chi connectivity index (χ1) is 14.0. The maximum atomic E-state index is 15.0.